The molecule has 4 fully saturated rings. The Morgan fingerprint density at radius 1 is 1.18 bits per heavy atom. The van der Waals surface area contributed by atoms with Gasteiger partial charge < -0.3 is 15.3 Å². The molecule has 186 valence electrons. The number of likely N-dealkylation sites (tertiary alicyclic amines) is 1. The monoisotopic (exact) mass is 457 g/mol. The summed E-state index contributed by atoms with van der Waals surface area (Å²) in [5.41, 5.74) is 3.06. The molecule has 33 heavy (non-hydrogen) atoms. The standard InChI is InChI=1S/C29H47NO3/c1-19(18-30-15-7-9-27(30)28(3,4)33)24-12-13-25-21(8-6-14-29(24,25)5)10-11-22-16-23(31)17-26(32)20(22)2/h10-11,19,23-27,31-33H,2,6-9,12-18H2,1,3-5H3/b21-10+,22-11-/t19?,23-,24-,25+,26+,27-,29-/m1/s1. The molecule has 0 aromatic carbocycles. The van der Waals surface area contributed by atoms with Gasteiger partial charge in [-0.25, -0.2) is 0 Å². The third kappa shape index (κ3) is 5.05. The molecule has 0 amide bonds. The molecule has 1 saturated heterocycles. The average molecular weight is 458 g/mol. The largest absolute Gasteiger partial charge is 0.393 e. The first-order chi connectivity index (χ1) is 15.5. The number of aliphatic hydroxyl groups excluding tert-OH is 2. The van der Waals surface area contributed by atoms with Crippen LogP contribution < -0.4 is 0 Å². The molecule has 1 unspecified atom stereocenters. The number of rotatable bonds is 5. The molecule has 7 atom stereocenters. The van der Waals surface area contributed by atoms with Crippen LogP contribution in [0.3, 0.4) is 0 Å². The van der Waals surface area contributed by atoms with Crippen molar-refractivity contribution in [2.75, 3.05) is 13.1 Å². The van der Waals surface area contributed by atoms with E-state index >= 15 is 0 Å². The van der Waals surface area contributed by atoms with E-state index in [-0.39, 0.29) is 6.04 Å². The summed E-state index contributed by atoms with van der Waals surface area (Å²) in [7, 11) is 0. The van der Waals surface area contributed by atoms with Crippen LogP contribution in [0.15, 0.2) is 35.5 Å². The lowest BCUT2D eigenvalue weighted by atomic mass is 9.61. The molecule has 0 radical (unpaired) electrons. The summed E-state index contributed by atoms with van der Waals surface area (Å²) >= 11 is 0. The molecule has 0 bridgehead atoms. The van der Waals surface area contributed by atoms with Gasteiger partial charge in [0, 0.05) is 19.0 Å². The lowest BCUT2D eigenvalue weighted by Gasteiger charge is -2.45. The Morgan fingerprint density at radius 2 is 1.94 bits per heavy atom. The number of hydrogen-bond donors (Lipinski definition) is 3. The average Bonchev–Trinajstić information content (AvgIpc) is 3.33. The first-order valence-corrected chi connectivity index (χ1v) is 13.4. The van der Waals surface area contributed by atoms with E-state index < -0.39 is 17.8 Å². The lowest BCUT2D eigenvalue weighted by molar-refractivity contribution is -0.0143. The zero-order valence-corrected chi connectivity index (χ0v) is 21.4. The highest BCUT2D eigenvalue weighted by Gasteiger charge is 2.51. The molecule has 4 aliphatic rings. The highest BCUT2D eigenvalue weighted by atomic mass is 16.3. The second-order valence-corrected chi connectivity index (χ2v) is 12.4. The van der Waals surface area contributed by atoms with Crippen LogP contribution in [0.4, 0.5) is 0 Å². The summed E-state index contributed by atoms with van der Waals surface area (Å²) in [4.78, 5) is 2.57. The molecule has 0 aromatic rings. The molecule has 1 aliphatic heterocycles. The van der Waals surface area contributed by atoms with Gasteiger partial charge in [-0.15, -0.1) is 0 Å². The molecule has 0 aromatic heterocycles. The third-order valence-electron chi connectivity index (χ3n) is 9.69. The van der Waals surface area contributed by atoms with Crippen molar-refractivity contribution in [3.63, 3.8) is 0 Å². The Labute approximate surface area is 201 Å². The zero-order chi connectivity index (χ0) is 24.0. The minimum absolute atomic E-state index is 0.285. The van der Waals surface area contributed by atoms with Crippen molar-refractivity contribution >= 4 is 0 Å². The number of hydrogen-bond acceptors (Lipinski definition) is 4. The van der Waals surface area contributed by atoms with E-state index in [2.05, 4.69) is 37.5 Å². The second-order valence-electron chi connectivity index (χ2n) is 12.4. The fourth-order valence-electron chi connectivity index (χ4n) is 8.02. The van der Waals surface area contributed by atoms with Gasteiger partial charge in [-0.2, -0.15) is 0 Å². The van der Waals surface area contributed by atoms with Crippen molar-refractivity contribution in [1.29, 1.82) is 0 Å². The maximum absolute atomic E-state index is 10.7. The molecular formula is C29H47NO3. The summed E-state index contributed by atoms with van der Waals surface area (Å²) in [6.07, 6.45) is 12.9. The molecule has 3 N–H and O–H groups in total. The number of aliphatic hydroxyl groups is 3. The predicted octanol–water partition coefficient (Wildman–Crippen LogP) is 5.00. The minimum Gasteiger partial charge on any atom is -0.393 e. The van der Waals surface area contributed by atoms with Gasteiger partial charge in [0.25, 0.3) is 0 Å². The first kappa shape index (κ1) is 25.2. The Morgan fingerprint density at radius 3 is 2.67 bits per heavy atom. The fraction of sp³-hybridized carbons (Fsp3) is 0.793. The SMILES string of the molecule is C=C1/C(=C\C=C2/CCC[C@]3(C)[C@@H](C(C)CN4CCC[C@@H]4C(C)(C)O)CC[C@@H]23)C[C@@H](O)C[C@@H]1O. The molecule has 4 heteroatoms. The molecular weight excluding hydrogens is 410 g/mol. The summed E-state index contributed by atoms with van der Waals surface area (Å²) < 4.78 is 0. The Hall–Kier alpha value is -0.940. The summed E-state index contributed by atoms with van der Waals surface area (Å²) in [6, 6.07) is 0.285. The summed E-state index contributed by atoms with van der Waals surface area (Å²) in [5, 5.41) is 30.9. The number of nitrogens with zero attached hydrogens (tertiary/aromatic N) is 1. The van der Waals surface area contributed by atoms with Gasteiger partial charge in [0.2, 0.25) is 0 Å². The Bertz CT molecular complexity index is 793. The maximum Gasteiger partial charge on any atom is 0.0811 e. The lowest BCUT2D eigenvalue weighted by Crippen LogP contribution is -2.48. The molecule has 4 rings (SSSR count). The van der Waals surface area contributed by atoms with Crippen LogP contribution in [0.1, 0.15) is 85.5 Å². The Balaban J connectivity index is 1.48. The molecule has 3 saturated carbocycles. The highest BCUT2D eigenvalue weighted by molar-refractivity contribution is 5.38. The van der Waals surface area contributed by atoms with Crippen LogP contribution in [-0.2, 0) is 0 Å². The van der Waals surface area contributed by atoms with Gasteiger partial charge in [0.1, 0.15) is 0 Å². The van der Waals surface area contributed by atoms with Crippen LogP contribution in [0.2, 0.25) is 0 Å². The fourth-order valence-corrected chi connectivity index (χ4v) is 8.02. The molecule has 0 spiro atoms. The zero-order valence-electron chi connectivity index (χ0n) is 21.4. The van der Waals surface area contributed by atoms with Crippen LogP contribution in [0.25, 0.3) is 0 Å². The molecule has 1 heterocycles. The van der Waals surface area contributed by atoms with Crippen LogP contribution >= 0.6 is 0 Å². The van der Waals surface area contributed by atoms with E-state index in [1.54, 1.807) is 5.57 Å². The smallest absolute Gasteiger partial charge is 0.0811 e. The van der Waals surface area contributed by atoms with Gasteiger partial charge in [0.05, 0.1) is 17.8 Å². The van der Waals surface area contributed by atoms with Gasteiger partial charge in [-0.05, 0) is 106 Å². The van der Waals surface area contributed by atoms with E-state index in [1.165, 1.54) is 32.1 Å². The van der Waals surface area contributed by atoms with Crippen molar-refractivity contribution < 1.29 is 15.3 Å². The Kier molecular flexibility index (Phi) is 7.32. The van der Waals surface area contributed by atoms with Crippen molar-refractivity contribution in [2.24, 2.45) is 23.2 Å². The minimum atomic E-state index is -0.628. The van der Waals surface area contributed by atoms with Crippen molar-refractivity contribution in [1.82, 2.24) is 4.90 Å². The van der Waals surface area contributed by atoms with Crippen LogP contribution in [-0.4, -0.2) is 57.2 Å². The quantitative estimate of drug-likeness (QED) is 0.544. The normalized spacial score (nSPS) is 41.7. The van der Waals surface area contributed by atoms with E-state index in [0.29, 0.717) is 30.1 Å². The van der Waals surface area contributed by atoms with Gasteiger partial charge in [-0.1, -0.05) is 38.2 Å². The maximum atomic E-state index is 10.7. The topological polar surface area (TPSA) is 63.9 Å². The van der Waals surface area contributed by atoms with Gasteiger partial charge >= 0.3 is 0 Å². The molecule has 3 aliphatic carbocycles. The highest BCUT2D eigenvalue weighted by Crippen LogP contribution is 2.59. The van der Waals surface area contributed by atoms with E-state index in [4.69, 9.17) is 0 Å². The number of allylic oxidation sites excluding steroid dienone is 3. The first-order valence-electron chi connectivity index (χ1n) is 13.4. The second kappa shape index (κ2) is 9.60. The molecule has 4 nitrogen and oxygen atoms in total. The summed E-state index contributed by atoms with van der Waals surface area (Å²) in [6.45, 7) is 15.2. The van der Waals surface area contributed by atoms with Gasteiger partial charge in [-0.3, -0.25) is 4.90 Å². The predicted molar refractivity (Wildman–Crippen MR) is 135 cm³/mol. The van der Waals surface area contributed by atoms with Gasteiger partial charge in [0.15, 0.2) is 0 Å². The van der Waals surface area contributed by atoms with Crippen molar-refractivity contribution in [3.8, 4) is 0 Å². The summed E-state index contributed by atoms with van der Waals surface area (Å²) in [5.74, 6) is 1.98. The van der Waals surface area contributed by atoms with E-state index in [1.807, 2.05) is 13.8 Å². The third-order valence-corrected chi connectivity index (χ3v) is 9.69. The van der Waals surface area contributed by atoms with Crippen molar-refractivity contribution in [2.45, 2.75) is 109 Å². The van der Waals surface area contributed by atoms with Crippen molar-refractivity contribution in [3.05, 3.63) is 35.5 Å². The van der Waals surface area contributed by atoms with Crippen LogP contribution in [0, 0.1) is 23.2 Å². The van der Waals surface area contributed by atoms with E-state index in [0.717, 1.165) is 43.0 Å². The van der Waals surface area contributed by atoms with Crippen LogP contribution in [0.5, 0.6) is 0 Å². The number of fused-ring (bicyclic) bond motifs is 1. The van der Waals surface area contributed by atoms with E-state index in [9.17, 15) is 15.3 Å².